The number of hydrogen-bond acceptors (Lipinski definition) is 3. The highest BCUT2D eigenvalue weighted by Gasteiger charge is 2.23. The van der Waals surface area contributed by atoms with Crippen LogP contribution in [0.15, 0.2) is 46.9 Å². The molecule has 114 valence electrons. The Morgan fingerprint density at radius 1 is 1.32 bits per heavy atom. The van der Waals surface area contributed by atoms with Crippen LogP contribution in [-0.4, -0.2) is 19.6 Å². The number of nitrogens with one attached hydrogen (secondary N) is 1. The largest absolute Gasteiger partial charge is 0.497 e. The van der Waals surface area contributed by atoms with Crippen molar-refractivity contribution in [2.45, 2.75) is 12.5 Å². The number of hydrogen-bond donors (Lipinski definition) is 1. The fourth-order valence-electron chi connectivity index (χ4n) is 2.53. The van der Waals surface area contributed by atoms with Crippen LogP contribution < -0.4 is 14.8 Å². The van der Waals surface area contributed by atoms with Gasteiger partial charge in [0, 0.05) is 16.5 Å². The summed E-state index contributed by atoms with van der Waals surface area (Å²) >= 11 is 3.42. The summed E-state index contributed by atoms with van der Waals surface area (Å²) in [7, 11) is 1.58. The molecule has 2 aromatic carbocycles. The van der Waals surface area contributed by atoms with Crippen LogP contribution in [0.5, 0.6) is 11.5 Å². The first-order chi connectivity index (χ1) is 10.7. The Bertz CT molecular complexity index is 702. The lowest BCUT2D eigenvalue weighted by molar-refractivity contribution is 0.0923. The average Bonchev–Trinajstić information content (AvgIpc) is 2.55. The van der Waals surface area contributed by atoms with Gasteiger partial charge in [0.1, 0.15) is 11.5 Å². The van der Waals surface area contributed by atoms with E-state index < -0.39 is 0 Å². The van der Waals surface area contributed by atoms with Crippen LogP contribution in [0.25, 0.3) is 0 Å². The van der Waals surface area contributed by atoms with Gasteiger partial charge in [-0.1, -0.05) is 18.2 Å². The van der Waals surface area contributed by atoms with E-state index in [2.05, 4.69) is 21.2 Å². The molecule has 1 N–H and O–H groups in total. The van der Waals surface area contributed by atoms with Gasteiger partial charge in [0.2, 0.25) is 0 Å². The third-order valence-corrected chi connectivity index (χ3v) is 4.37. The van der Waals surface area contributed by atoms with Gasteiger partial charge in [0.25, 0.3) is 5.91 Å². The van der Waals surface area contributed by atoms with E-state index in [-0.39, 0.29) is 11.9 Å². The molecule has 3 rings (SSSR count). The van der Waals surface area contributed by atoms with Crippen molar-refractivity contribution in [3.05, 3.63) is 58.1 Å². The SMILES string of the molecule is COc1ccc(Br)c(C(=O)NC2CCOc3ccccc32)c1. The van der Waals surface area contributed by atoms with Gasteiger partial charge in [0.15, 0.2) is 0 Å². The smallest absolute Gasteiger partial charge is 0.253 e. The fraction of sp³-hybridized carbons (Fsp3) is 0.235. The third kappa shape index (κ3) is 2.95. The average molecular weight is 362 g/mol. The van der Waals surface area contributed by atoms with E-state index in [0.29, 0.717) is 17.9 Å². The van der Waals surface area contributed by atoms with Crippen LogP contribution in [0.1, 0.15) is 28.4 Å². The number of carbonyl (C=O) groups is 1. The van der Waals surface area contributed by atoms with Crippen molar-refractivity contribution < 1.29 is 14.3 Å². The van der Waals surface area contributed by atoms with Gasteiger partial charge in [-0.05, 0) is 40.2 Å². The van der Waals surface area contributed by atoms with Crippen LogP contribution in [0.2, 0.25) is 0 Å². The Labute approximate surface area is 137 Å². The molecule has 0 saturated carbocycles. The number of benzene rings is 2. The topological polar surface area (TPSA) is 47.6 Å². The van der Waals surface area contributed by atoms with Crippen molar-refractivity contribution in [3.63, 3.8) is 0 Å². The predicted octanol–water partition coefficient (Wildman–Crippen LogP) is 3.71. The number of methoxy groups -OCH3 is 1. The van der Waals surface area contributed by atoms with Crippen LogP contribution in [0.3, 0.4) is 0 Å². The number of fused-ring (bicyclic) bond motifs is 1. The first-order valence-electron chi connectivity index (χ1n) is 7.05. The van der Waals surface area contributed by atoms with E-state index in [1.807, 2.05) is 36.4 Å². The summed E-state index contributed by atoms with van der Waals surface area (Å²) in [6, 6.07) is 13.1. The van der Waals surface area contributed by atoms with Crippen molar-refractivity contribution in [1.29, 1.82) is 0 Å². The highest BCUT2D eigenvalue weighted by Crippen LogP contribution is 2.32. The second-order valence-electron chi connectivity index (χ2n) is 5.05. The molecule has 0 spiro atoms. The number of rotatable bonds is 3. The van der Waals surface area contributed by atoms with Gasteiger partial charge in [-0.3, -0.25) is 4.79 Å². The Morgan fingerprint density at radius 3 is 2.95 bits per heavy atom. The summed E-state index contributed by atoms with van der Waals surface area (Å²) in [6.45, 7) is 0.598. The molecule has 0 bridgehead atoms. The molecule has 0 aliphatic carbocycles. The van der Waals surface area contributed by atoms with Gasteiger partial charge < -0.3 is 14.8 Å². The molecule has 1 unspecified atom stereocenters. The highest BCUT2D eigenvalue weighted by atomic mass is 79.9. The van der Waals surface area contributed by atoms with Crippen LogP contribution >= 0.6 is 15.9 Å². The molecule has 2 aromatic rings. The van der Waals surface area contributed by atoms with E-state index in [1.54, 1.807) is 13.2 Å². The van der Waals surface area contributed by atoms with Crippen molar-refractivity contribution in [1.82, 2.24) is 5.32 Å². The normalized spacial score (nSPS) is 16.4. The highest BCUT2D eigenvalue weighted by molar-refractivity contribution is 9.10. The quantitative estimate of drug-likeness (QED) is 0.906. The molecule has 0 saturated heterocycles. The minimum Gasteiger partial charge on any atom is -0.497 e. The molecule has 0 aromatic heterocycles. The van der Waals surface area contributed by atoms with Gasteiger partial charge in [-0.2, -0.15) is 0 Å². The maximum atomic E-state index is 12.6. The Hall–Kier alpha value is -2.01. The van der Waals surface area contributed by atoms with Crippen LogP contribution in [0, 0.1) is 0 Å². The second kappa shape index (κ2) is 6.40. The van der Waals surface area contributed by atoms with Gasteiger partial charge in [-0.15, -0.1) is 0 Å². The minimum atomic E-state index is -0.132. The molecule has 1 amide bonds. The van der Waals surface area contributed by atoms with Crippen molar-refractivity contribution >= 4 is 21.8 Å². The van der Waals surface area contributed by atoms with Crippen molar-refractivity contribution in [2.75, 3.05) is 13.7 Å². The molecule has 5 heteroatoms. The lowest BCUT2D eigenvalue weighted by Gasteiger charge is -2.26. The Balaban J connectivity index is 1.84. The second-order valence-corrected chi connectivity index (χ2v) is 5.90. The Kier molecular flexibility index (Phi) is 4.34. The molecular formula is C17H16BrNO3. The molecule has 22 heavy (non-hydrogen) atoms. The van der Waals surface area contributed by atoms with Gasteiger partial charge in [-0.25, -0.2) is 0 Å². The maximum Gasteiger partial charge on any atom is 0.253 e. The first-order valence-corrected chi connectivity index (χ1v) is 7.84. The fourth-order valence-corrected chi connectivity index (χ4v) is 2.96. The zero-order valence-corrected chi connectivity index (χ0v) is 13.7. The summed E-state index contributed by atoms with van der Waals surface area (Å²) < 4.78 is 11.5. The van der Waals surface area contributed by atoms with Crippen molar-refractivity contribution in [3.8, 4) is 11.5 Å². The third-order valence-electron chi connectivity index (χ3n) is 3.68. The lowest BCUT2D eigenvalue weighted by atomic mass is 10.00. The molecule has 1 aliphatic heterocycles. The zero-order valence-electron chi connectivity index (χ0n) is 12.1. The molecule has 1 aliphatic rings. The lowest BCUT2D eigenvalue weighted by Crippen LogP contribution is -2.32. The van der Waals surface area contributed by atoms with E-state index in [0.717, 1.165) is 22.2 Å². The molecular weight excluding hydrogens is 346 g/mol. The van der Waals surface area contributed by atoms with Crippen LogP contribution in [0.4, 0.5) is 0 Å². The molecule has 0 fully saturated rings. The number of ether oxygens (including phenoxy) is 2. The standard InChI is InChI=1S/C17H16BrNO3/c1-21-11-6-7-14(18)13(10-11)17(20)19-15-8-9-22-16-5-3-2-4-12(15)16/h2-7,10,15H,8-9H2,1H3,(H,19,20). The zero-order chi connectivity index (χ0) is 15.5. The van der Waals surface area contributed by atoms with Gasteiger partial charge in [0.05, 0.1) is 25.3 Å². The number of carbonyl (C=O) groups excluding carboxylic acids is 1. The summed E-state index contributed by atoms with van der Waals surface area (Å²) in [5, 5.41) is 3.08. The molecule has 0 radical (unpaired) electrons. The molecule has 1 heterocycles. The molecule has 1 atom stereocenters. The number of halogens is 1. The number of amides is 1. The van der Waals surface area contributed by atoms with E-state index in [1.165, 1.54) is 0 Å². The Morgan fingerprint density at radius 2 is 2.14 bits per heavy atom. The van der Waals surface area contributed by atoms with Gasteiger partial charge >= 0.3 is 0 Å². The number of para-hydroxylation sites is 1. The minimum absolute atomic E-state index is 0.0458. The summed E-state index contributed by atoms with van der Waals surface area (Å²) in [5.74, 6) is 1.36. The maximum absolute atomic E-state index is 12.6. The first kappa shape index (κ1) is 14.9. The summed E-state index contributed by atoms with van der Waals surface area (Å²) in [4.78, 5) is 12.6. The summed E-state index contributed by atoms with van der Waals surface area (Å²) in [5.41, 5.74) is 1.57. The monoisotopic (exact) mass is 361 g/mol. The van der Waals surface area contributed by atoms with Crippen molar-refractivity contribution in [2.24, 2.45) is 0 Å². The van der Waals surface area contributed by atoms with E-state index >= 15 is 0 Å². The molecule has 4 nitrogen and oxygen atoms in total. The predicted molar refractivity (Wildman–Crippen MR) is 87.5 cm³/mol. The van der Waals surface area contributed by atoms with Crippen LogP contribution in [-0.2, 0) is 0 Å². The summed E-state index contributed by atoms with van der Waals surface area (Å²) in [6.07, 6.45) is 0.754. The van der Waals surface area contributed by atoms with E-state index in [4.69, 9.17) is 9.47 Å². The van der Waals surface area contributed by atoms with E-state index in [9.17, 15) is 4.79 Å².